The van der Waals surface area contributed by atoms with Crippen LogP contribution in [0.15, 0.2) is 12.2 Å². The number of carboxylic acids is 1. The summed E-state index contributed by atoms with van der Waals surface area (Å²) in [7, 11) is 0. The first-order valence-corrected chi connectivity index (χ1v) is 13.8. The van der Waals surface area contributed by atoms with Gasteiger partial charge < -0.3 is 42.2 Å². The lowest BCUT2D eigenvalue weighted by molar-refractivity contribution is -0.143. The van der Waals surface area contributed by atoms with Gasteiger partial charge >= 0.3 is 12.0 Å². The Kier molecular flexibility index (Phi) is 16.6. The predicted octanol–water partition coefficient (Wildman–Crippen LogP) is -2.16. The summed E-state index contributed by atoms with van der Waals surface area (Å²) >= 11 is 0. The van der Waals surface area contributed by atoms with Crippen molar-refractivity contribution in [3.05, 3.63) is 12.2 Å². The molecule has 0 aromatic heterocycles. The fourth-order valence-corrected chi connectivity index (χ4v) is 3.84. The second-order valence-electron chi connectivity index (χ2n) is 9.96. The number of carbonyl (C=O) groups excluding carboxylic acids is 7. The number of primary amides is 1. The number of aliphatic carboxylic acids is 1. The van der Waals surface area contributed by atoms with Gasteiger partial charge in [0, 0.05) is 31.7 Å². The molecule has 2 unspecified atom stereocenters. The van der Waals surface area contributed by atoms with E-state index >= 15 is 0 Å². The number of unbranched alkanes of at least 4 members (excludes halogenated alkanes) is 2. The SMILES string of the molecule is CC(C)C(NC(=O)CCCCCN1C(=O)C=CC1=O)C(=O)NC(CCCNC(N)=O)C(=O)NCC(=O)NCOCC(=O)O. The van der Waals surface area contributed by atoms with Crippen LogP contribution in [-0.4, -0.2) is 103 Å². The van der Waals surface area contributed by atoms with E-state index in [1.54, 1.807) is 13.8 Å². The van der Waals surface area contributed by atoms with Gasteiger partial charge in [0.1, 0.15) is 25.4 Å². The monoisotopic (exact) mass is 611 g/mol. The number of ether oxygens (including phenoxy) is 1. The summed E-state index contributed by atoms with van der Waals surface area (Å²) in [5, 5.41) is 20.8. The Bertz CT molecular complexity index is 1040. The van der Waals surface area contributed by atoms with Crippen molar-refractivity contribution in [2.24, 2.45) is 11.7 Å². The highest BCUT2D eigenvalue weighted by Gasteiger charge is 2.29. The molecule has 1 heterocycles. The number of nitrogens with one attached hydrogen (secondary N) is 5. The summed E-state index contributed by atoms with van der Waals surface area (Å²) in [6.45, 7) is 2.32. The molecule has 43 heavy (non-hydrogen) atoms. The van der Waals surface area contributed by atoms with Crippen molar-refractivity contribution in [2.75, 3.05) is 33.0 Å². The van der Waals surface area contributed by atoms with Crippen molar-refractivity contribution in [2.45, 2.75) is 64.5 Å². The minimum atomic E-state index is -1.22. The molecule has 17 nitrogen and oxygen atoms in total. The minimum Gasteiger partial charge on any atom is -0.480 e. The van der Waals surface area contributed by atoms with Crippen LogP contribution in [0.25, 0.3) is 0 Å². The lowest BCUT2D eigenvalue weighted by Gasteiger charge is -2.25. The zero-order valence-corrected chi connectivity index (χ0v) is 24.3. The van der Waals surface area contributed by atoms with E-state index in [9.17, 15) is 38.4 Å². The van der Waals surface area contributed by atoms with E-state index in [0.717, 1.165) is 4.90 Å². The van der Waals surface area contributed by atoms with Crippen molar-refractivity contribution in [1.29, 1.82) is 0 Å². The van der Waals surface area contributed by atoms with Gasteiger partial charge in [0.15, 0.2) is 0 Å². The number of amides is 8. The molecular weight excluding hydrogens is 570 g/mol. The average molecular weight is 612 g/mol. The highest BCUT2D eigenvalue weighted by atomic mass is 16.5. The van der Waals surface area contributed by atoms with Crippen molar-refractivity contribution in [3.63, 3.8) is 0 Å². The van der Waals surface area contributed by atoms with E-state index in [-0.39, 0.29) is 56.8 Å². The minimum absolute atomic E-state index is 0.0670. The van der Waals surface area contributed by atoms with Gasteiger partial charge in [-0.3, -0.25) is 33.7 Å². The molecule has 1 aliphatic rings. The third-order valence-electron chi connectivity index (χ3n) is 6.07. The summed E-state index contributed by atoms with van der Waals surface area (Å²) in [4.78, 5) is 96.1. The average Bonchev–Trinajstić information content (AvgIpc) is 3.25. The van der Waals surface area contributed by atoms with E-state index in [4.69, 9.17) is 15.6 Å². The quantitative estimate of drug-likeness (QED) is 0.0420. The number of rotatable bonds is 21. The second-order valence-corrected chi connectivity index (χ2v) is 9.96. The van der Waals surface area contributed by atoms with E-state index in [1.807, 2.05) is 0 Å². The molecule has 0 fully saturated rings. The van der Waals surface area contributed by atoms with Gasteiger partial charge in [-0.2, -0.15) is 0 Å². The summed E-state index contributed by atoms with van der Waals surface area (Å²) in [6.07, 6.45) is 4.39. The fraction of sp³-hybridized carbons (Fsp3) is 0.615. The Hall–Kier alpha value is -4.54. The Morgan fingerprint density at radius 1 is 0.884 bits per heavy atom. The maximum absolute atomic E-state index is 13.1. The number of imide groups is 1. The molecule has 0 spiro atoms. The van der Waals surface area contributed by atoms with Crippen LogP contribution in [0, 0.1) is 5.92 Å². The first-order chi connectivity index (χ1) is 20.3. The number of urea groups is 1. The molecule has 0 aromatic rings. The third-order valence-corrected chi connectivity index (χ3v) is 6.07. The lowest BCUT2D eigenvalue weighted by Crippen LogP contribution is -2.56. The molecule has 0 saturated carbocycles. The van der Waals surface area contributed by atoms with Gasteiger partial charge in [0.05, 0.1) is 6.54 Å². The first kappa shape index (κ1) is 36.5. The maximum atomic E-state index is 13.1. The standard InChI is InChI=1S/C26H41N7O10/c1-16(2)23(32-18(34)8-4-3-5-12-33-20(36)9-10-21(33)37)25(41)31-17(7-6-11-28-26(27)42)24(40)29-13-19(35)30-15-43-14-22(38)39/h9-10,16-17,23H,3-8,11-15H2,1-2H3,(H,29,40)(H,30,35)(H,31,41)(H,32,34)(H,38,39)(H3,27,28,42). The molecule has 8 N–H and O–H groups in total. The zero-order chi connectivity index (χ0) is 32.4. The lowest BCUT2D eigenvalue weighted by atomic mass is 10.0. The molecule has 1 aliphatic heterocycles. The maximum Gasteiger partial charge on any atom is 0.329 e. The molecule has 8 amide bonds. The van der Waals surface area contributed by atoms with Crippen LogP contribution in [-0.2, 0) is 38.3 Å². The van der Waals surface area contributed by atoms with Crippen LogP contribution < -0.4 is 32.3 Å². The Morgan fingerprint density at radius 3 is 2.16 bits per heavy atom. The molecule has 1 rings (SSSR count). The number of nitrogens with zero attached hydrogens (tertiary/aromatic N) is 1. The molecule has 0 saturated heterocycles. The molecule has 0 aromatic carbocycles. The van der Waals surface area contributed by atoms with Crippen LogP contribution in [0.5, 0.6) is 0 Å². The number of hydrogen-bond donors (Lipinski definition) is 7. The van der Waals surface area contributed by atoms with Crippen molar-refractivity contribution in [1.82, 2.24) is 31.5 Å². The van der Waals surface area contributed by atoms with Gasteiger partial charge in [-0.1, -0.05) is 20.3 Å². The first-order valence-electron chi connectivity index (χ1n) is 13.8. The highest BCUT2D eigenvalue weighted by Crippen LogP contribution is 2.09. The molecule has 0 aliphatic carbocycles. The van der Waals surface area contributed by atoms with Gasteiger partial charge in [0.25, 0.3) is 11.8 Å². The third kappa shape index (κ3) is 15.3. The second kappa shape index (κ2) is 19.6. The van der Waals surface area contributed by atoms with Crippen LogP contribution in [0.4, 0.5) is 4.79 Å². The molecule has 2 atom stereocenters. The molecule has 0 bridgehead atoms. The number of carbonyl (C=O) groups is 8. The number of nitrogens with two attached hydrogens (primary N) is 1. The van der Waals surface area contributed by atoms with E-state index in [2.05, 4.69) is 26.6 Å². The van der Waals surface area contributed by atoms with Crippen LogP contribution in [0.1, 0.15) is 52.4 Å². The summed E-state index contributed by atoms with van der Waals surface area (Å²) < 4.78 is 4.69. The fourth-order valence-electron chi connectivity index (χ4n) is 3.84. The van der Waals surface area contributed by atoms with Crippen LogP contribution >= 0.6 is 0 Å². The number of hydrogen-bond acceptors (Lipinski definition) is 9. The van der Waals surface area contributed by atoms with Gasteiger partial charge in [-0.25, -0.2) is 9.59 Å². The normalized spacial score (nSPS) is 13.8. The molecule has 0 radical (unpaired) electrons. The zero-order valence-electron chi connectivity index (χ0n) is 24.3. The summed E-state index contributed by atoms with van der Waals surface area (Å²) in [6, 6.07) is -2.86. The summed E-state index contributed by atoms with van der Waals surface area (Å²) in [5.74, 6) is -4.68. The van der Waals surface area contributed by atoms with Crippen molar-refractivity contribution >= 4 is 47.4 Å². The molecule has 17 heteroatoms. The van der Waals surface area contributed by atoms with E-state index in [1.165, 1.54) is 12.2 Å². The highest BCUT2D eigenvalue weighted by molar-refractivity contribution is 6.12. The predicted molar refractivity (Wildman–Crippen MR) is 149 cm³/mol. The summed E-state index contributed by atoms with van der Waals surface area (Å²) in [5.41, 5.74) is 5.05. The Morgan fingerprint density at radius 2 is 1.56 bits per heavy atom. The van der Waals surface area contributed by atoms with Gasteiger partial charge in [0.2, 0.25) is 23.6 Å². The van der Waals surface area contributed by atoms with Crippen LogP contribution in [0.3, 0.4) is 0 Å². The molecular formula is C26H41N7O10. The smallest absolute Gasteiger partial charge is 0.329 e. The van der Waals surface area contributed by atoms with Crippen LogP contribution in [0.2, 0.25) is 0 Å². The number of carboxylic acid groups (broad SMARTS) is 1. The van der Waals surface area contributed by atoms with E-state index in [0.29, 0.717) is 19.3 Å². The van der Waals surface area contributed by atoms with Gasteiger partial charge in [-0.15, -0.1) is 0 Å². The van der Waals surface area contributed by atoms with Crippen molar-refractivity contribution < 1.29 is 48.2 Å². The van der Waals surface area contributed by atoms with Gasteiger partial charge in [-0.05, 0) is 31.6 Å². The largest absolute Gasteiger partial charge is 0.480 e. The Labute approximate surface area is 248 Å². The van der Waals surface area contributed by atoms with Crippen molar-refractivity contribution in [3.8, 4) is 0 Å². The Balaban J connectivity index is 2.62. The van der Waals surface area contributed by atoms with E-state index < -0.39 is 60.9 Å². The topological polar surface area (TPSA) is 255 Å². The molecule has 240 valence electrons.